The number of ether oxygens (including phenoxy) is 1. The first kappa shape index (κ1) is 31.9. The summed E-state index contributed by atoms with van der Waals surface area (Å²) in [7, 11) is 0. The van der Waals surface area contributed by atoms with Crippen LogP contribution in [0.5, 0.6) is 0 Å². The van der Waals surface area contributed by atoms with Gasteiger partial charge in [0.25, 0.3) is 0 Å². The predicted octanol–water partition coefficient (Wildman–Crippen LogP) is 8.94. The molecular formula is C28H53FO4. The summed E-state index contributed by atoms with van der Waals surface area (Å²) in [5.41, 5.74) is 0. The zero-order valence-electron chi connectivity index (χ0n) is 21.8. The highest BCUT2D eigenvalue weighted by atomic mass is 19.1. The Hall–Kier alpha value is -1.13. The van der Waals surface area contributed by atoms with Gasteiger partial charge >= 0.3 is 11.9 Å². The van der Waals surface area contributed by atoms with Crippen LogP contribution in [0.1, 0.15) is 155 Å². The van der Waals surface area contributed by atoms with E-state index in [0.717, 1.165) is 38.5 Å². The molecule has 2 atom stereocenters. The van der Waals surface area contributed by atoms with Crippen molar-refractivity contribution in [1.29, 1.82) is 0 Å². The van der Waals surface area contributed by atoms with Crippen molar-refractivity contribution in [2.45, 2.75) is 167 Å². The van der Waals surface area contributed by atoms with Crippen LogP contribution in [0.2, 0.25) is 0 Å². The molecule has 0 amide bonds. The van der Waals surface area contributed by atoms with Crippen LogP contribution in [-0.2, 0) is 14.3 Å². The minimum absolute atomic E-state index is 0.248. The van der Waals surface area contributed by atoms with Crippen LogP contribution in [0.25, 0.3) is 0 Å². The maximum Gasteiger partial charge on any atom is 0.342 e. The van der Waals surface area contributed by atoms with E-state index < -0.39 is 24.2 Å². The van der Waals surface area contributed by atoms with Gasteiger partial charge in [-0.05, 0) is 19.3 Å². The predicted molar refractivity (Wildman–Crippen MR) is 135 cm³/mol. The van der Waals surface area contributed by atoms with Gasteiger partial charge in [0, 0.05) is 6.42 Å². The summed E-state index contributed by atoms with van der Waals surface area (Å²) < 4.78 is 19.3. The minimum atomic E-state index is -2.14. The molecule has 0 aromatic heterocycles. The molecular weight excluding hydrogens is 419 g/mol. The summed E-state index contributed by atoms with van der Waals surface area (Å²) in [6.45, 7) is 4.44. The van der Waals surface area contributed by atoms with Crippen molar-refractivity contribution in [2.75, 3.05) is 0 Å². The summed E-state index contributed by atoms with van der Waals surface area (Å²) in [6.07, 6.45) is 20.5. The average molecular weight is 473 g/mol. The molecule has 2 unspecified atom stereocenters. The van der Waals surface area contributed by atoms with Crippen LogP contribution in [0, 0.1) is 0 Å². The number of carboxylic acid groups (broad SMARTS) is 1. The molecule has 0 aromatic rings. The van der Waals surface area contributed by atoms with Crippen molar-refractivity contribution in [3.63, 3.8) is 0 Å². The minimum Gasteiger partial charge on any atom is -0.479 e. The largest absolute Gasteiger partial charge is 0.479 e. The molecule has 0 bridgehead atoms. The Morgan fingerprint density at radius 1 is 0.636 bits per heavy atom. The second-order valence-corrected chi connectivity index (χ2v) is 9.67. The molecule has 0 rings (SSSR count). The topological polar surface area (TPSA) is 63.6 Å². The molecule has 0 aliphatic carbocycles. The lowest BCUT2D eigenvalue weighted by atomic mass is 10.0. The lowest BCUT2D eigenvalue weighted by Crippen LogP contribution is -2.34. The Morgan fingerprint density at radius 3 is 1.39 bits per heavy atom. The number of hydrogen-bond acceptors (Lipinski definition) is 3. The van der Waals surface area contributed by atoms with Gasteiger partial charge in [0.2, 0.25) is 6.17 Å². The highest BCUT2D eigenvalue weighted by Gasteiger charge is 2.30. The van der Waals surface area contributed by atoms with Gasteiger partial charge in [-0.25, -0.2) is 9.18 Å². The smallest absolute Gasteiger partial charge is 0.342 e. The number of alkyl halides is 1. The maximum atomic E-state index is 14.1. The third kappa shape index (κ3) is 21.2. The van der Waals surface area contributed by atoms with E-state index in [-0.39, 0.29) is 12.8 Å². The van der Waals surface area contributed by atoms with Gasteiger partial charge in [-0.2, -0.15) is 0 Å². The summed E-state index contributed by atoms with van der Waals surface area (Å²) in [5.74, 6) is -2.01. The fourth-order valence-corrected chi connectivity index (χ4v) is 4.24. The Bertz CT molecular complexity index is 455. The Balaban J connectivity index is 3.87. The molecule has 0 spiro atoms. The first-order chi connectivity index (χ1) is 16.0. The highest BCUT2D eigenvalue weighted by molar-refractivity contribution is 5.74. The molecule has 0 saturated carbocycles. The fraction of sp³-hybridized carbons (Fsp3) is 0.929. The van der Waals surface area contributed by atoms with Gasteiger partial charge in [0.15, 0.2) is 0 Å². The van der Waals surface area contributed by atoms with Crippen molar-refractivity contribution < 1.29 is 23.8 Å². The summed E-state index contributed by atoms with van der Waals surface area (Å²) >= 11 is 0. The molecule has 5 heteroatoms. The van der Waals surface area contributed by atoms with Gasteiger partial charge < -0.3 is 9.84 Å². The van der Waals surface area contributed by atoms with Crippen LogP contribution < -0.4 is 0 Å². The zero-order valence-corrected chi connectivity index (χ0v) is 21.8. The number of hydrogen-bond donors (Lipinski definition) is 1. The first-order valence-corrected chi connectivity index (χ1v) is 14.1. The molecule has 0 heterocycles. The van der Waals surface area contributed by atoms with Gasteiger partial charge in [0.05, 0.1) is 0 Å². The lowest BCUT2D eigenvalue weighted by molar-refractivity contribution is -0.160. The van der Waals surface area contributed by atoms with Crippen molar-refractivity contribution in [3.05, 3.63) is 0 Å². The number of unbranched alkanes of at least 4 members (excludes halogenated alkanes) is 18. The summed E-state index contributed by atoms with van der Waals surface area (Å²) in [6, 6.07) is 0. The maximum absolute atomic E-state index is 14.1. The number of carbonyl (C=O) groups is 2. The fourth-order valence-electron chi connectivity index (χ4n) is 4.24. The standard InChI is InChI=1S/C28H53FO4/c1-3-5-7-9-11-13-14-16-18-20-22-24-26(30)33-25(27(29)28(31)32)23-21-19-17-15-12-10-8-6-4-2/h25,27H,3-24H2,1-2H3,(H,31,32). The third-order valence-electron chi connectivity index (χ3n) is 6.42. The molecule has 0 aliphatic rings. The second-order valence-electron chi connectivity index (χ2n) is 9.67. The molecule has 0 fully saturated rings. The Kier molecular flexibility index (Phi) is 23.2. The normalized spacial score (nSPS) is 13.1. The van der Waals surface area contributed by atoms with E-state index in [9.17, 15) is 14.0 Å². The Labute approximate surface area is 203 Å². The van der Waals surface area contributed by atoms with Gasteiger partial charge in [-0.3, -0.25) is 4.79 Å². The van der Waals surface area contributed by atoms with E-state index >= 15 is 0 Å². The SMILES string of the molecule is CCCCCCCCCCCCCC(=O)OC(CCCCCCCCCCC)C(F)C(=O)O. The molecule has 196 valence electrons. The number of esters is 1. The molecule has 4 nitrogen and oxygen atoms in total. The van der Waals surface area contributed by atoms with E-state index in [0.29, 0.717) is 6.42 Å². The molecule has 1 N–H and O–H groups in total. The van der Waals surface area contributed by atoms with Crippen LogP contribution in [0.3, 0.4) is 0 Å². The zero-order chi connectivity index (χ0) is 24.6. The van der Waals surface area contributed by atoms with Gasteiger partial charge in [-0.15, -0.1) is 0 Å². The molecule has 33 heavy (non-hydrogen) atoms. The monoisotopic (exact) mass is 472 g/mol. The van der Waals surface area contributed by atoms with Crippen molar-refractivity contribution >= 4 is 11.9 Å². The van der Waals surface area contributed by atoms with Crippen molar-refractivity contribution in [1.82, 2.24) is 0 Å². The van der Waals surface area contributed by atoms with Crippen LogP contribution in [0.4, 0.5) is 4.39 Å². The number of rotatable bonds is 25. The summed E-state index contributed by atoms with van der Waals surface area (Å²) in [5, 5.41) is 9.02. The number of carboxylic acids is 1. The van der Waals surface area contributed by atoms with Gasteiger partial charge in [0.1, 0.15) is 6.10 Å². The van der Waals surface area contributed by atoms with Gasteiger partial charge in [-0.1, -0.05) is 129 Å². The first-order valence-electron chi connectivity index (χ1n) is 14.1. The number of carbonyl (C=O) groups excluding carboxylic acids is 1. The van der Waals surface area contributed by atoms with Crippen LogP contribution >= 0.6 is 0 Å². The van der Waals surface area contributed by atoms with E-state index in [1.165, 1.54) is 83.5 Å². The van der Waals surface area contributed by atoms with Crippen molar-refractivity contribution in [3.8, 4) is 0 Å². The van der Waals surface area contributed by atoms with Crippen molar-refractivity contribution in [2.24, 2.45) is 0 Å². The average Bonchev–Trinajstić information content (AvgIpc) is 2.80. The molecule has 0 aliphatic heterocycles. The van der Waals surface area contributed by atoms with E-state index in [4.69, 9.17) is 9.84 Å². The van der Waals surface area contributed by atoms with E-state index in [2.05, 4.69) is 13.8 Å². The van der Waals surface area contributed by atoms with Crippen LogP contribution in [0.15, 0.2) is 0 Å². The lowest BCUT2D eigenvalue weighted by Gasteiger charge is -2.19. The second kappa shape index (κ2) is 24.0. The Morgan fingerprint density at radius 2 is 1.00 bits per heavy atom. The molecule has 0 saturated heterocycles. The van der Waals surface area contributed by atoms with Crippen LogP contribution in [-0.4, -0.2) is 29.3 Å². The number of aliphatic carboxylic acids is 1. The van der Waals surface area contributed by atoms with E-state index in [1.54, 1.807) is 0 Å². The molecule has 0 radical (unpaired) electrons. The molecule has 0 aromatic carbocycles. The quantitative estimate of drug-likeness (QED) is 0.106. The summed E-state index contributed by atoms with van der Waals surface area (Å²) in [4.78, 5) is 23.2. The highest BCUT2D eigenvalue weighted by Crippen LogP contribution is 2.18. The number of halogens is 1. The third-order valence-corrected chi connectivity index (χ3v) is 6.42. The van der Waals surface area contributed by atoms with E-state index in [1.807, 2.05) is 0 Å².